The summed E-state index contributed by atoms with van der Waals surface area (Å²) in [5, 5.41) is 7.13. The van der Waals surface area contributed by atoms with Crippen molar-refractivity contribution in [3.05, 3.63) is 82.4 Å². The summed E-state index contributed by atoms with van der Waals surface area (Å²) in [7, 11) is 4.47. The van der Waals surface area contributed by atoms with E-state index in [0.717, 1.165) is 6.42 Å². The van der Waals surface area contributed by atoms with Crippen molar-refractivity contribution in [1.29, 1.82) is 0 Å². The van der Waals surface area contributed by atoms with Crippen LogP contribution in [0.1, 0.15) is 52.0 Å². The van der Waals surface area contributed by atoms with Crippen molar-refractivity contribution < 1.29 is 33.3 Å². The third-order valence-electron chi connectivity index (χ3n) is 5.86. The van der Waals surface area contributed by atoms with E-state index in [1.807, 2.05) is 0 Å². The molecule has 3 aromatic carbocycles. The summed E-state index contributed by atoms with van der Waals surface area (Å²) in [6, 6.07) is 16.5. The van der Waals surface area contributed by atoms with Crippen LogP contribution in [0.15, 0.2) is 65.8 Å². The Labute approximate surface area is 243 Å². The smallest absolute Gasteiger partial charge is 0.345 e. The molecule has 2 amide bonds. The van der Waals surface area contributed by atoms with Crippen LogP contribution in [0.4, 0.5) is 0 Å². The highest BCUT2D eigenvalue weighted by atomic mass is 35.5. The molecule has 0 aliphatic carbocycles. The van der Waals surface area contributed by atoms with Crippen molar-refractivity contribution in [2.75, 3.05) is 27.9 Å². The molecule has 10 nitrogen and oxygen atoms in total. The van der Waals surface area contributed by atoms with Gasteiger partial charge >= 0.3 is 5.97 Å². The fourth-order valence-electron chi connectivity index (χ4n) is 3.79. The van der Waals surface area contributed by atoms with Gasteiger partial charge in [-0.25, -0.2) is 10.2 Å². The van der Waals surface area contributed by atoms with Gasteiger partial charge in [-0.05, 0) is 54.8 Å². The highest BCUT2D eigenvalue weighted by Gasteiger charge is 2.17. The van der Waals surface area contributed by atoms with Gasteiger partial charge in [0, 0.05) is 18.5 Å². The zero-order valence-electron chi connectivity index (χ0n) is 23.1. The number of carbonyl (C=O) groups is 3. The Bertz CT molecular complexity index is 1370. The number of hydrazone groups is 1. The van der Waals surface area contributed by atoms with E-state index in [4.69, 9.17) is 30.5 Å². The lowest BCUT2D eigenvalue weighted by molar-refractivity contribution is -0.121. The molecule has 11 heteroatoms. The van der Waals surface area contributed by atoms with Crippen LogP contribution < -0.4 is 29.7 Å². The molecule has 41 heavy (non-hydrogen) atoms. The summed E-state index contributed by atoms with van der Waals surface area (Å²) in [4.78, 5) is 37.0. The van der Waals surface area contributed by atoms with E-state index in [1.54, 1.807) is 60.7 Å². The fraction of sp³-hybridized carbons (Fsp3) is 0.267. The van der Waals surface area contributed by atoms with Crippen molar-refractivity contribution in [3.8, 4) is 23.0 Å². The predicted octanol–water partition coefficient (Wildman–Crippen LogP) is 5.03. The summed E-state index contributed by atoms with van der Waals surface area (Å²) >= 11 is 6.05. The Kier molecular flexibility index (Phi) is 12.0. The topological polar surface area (TPSA) is 125 Å². The third-order valence-corrected chi connectivity index (χ3v) is 6.19. The molecule has 0 aliphatic heterocycles. The molecule has 2 N–H and O–H groups in total. The maximum atomic E-state index is 12.5. The Balaban J connectivity index is 1.36. The second-order valence-corrected chi connectivity index (χ2v) is 9.12. The van der Waals surface area contributed by atoms with Gasteiger partial charge in [0.2, 0.25) is 11.7 Å². The Morgan fingerprint density at radius 2 is 1.61 bits per heavy atom. The lowest BCUT2D eigenvalue weighted by atomic mass is 10.1. The molecule has 0 heterocycles. The molecule has 0 spiro atoms. The number of methoxy groups -OCH3 is 3. The van der Waals surface area contributed by atoms with Crippen LogP contribution in [0, 0.1) is 0 Å². The lowest BCUT2D eigenvalue weighted by Gasteiger charge is -2.14. The van der Waals surface area contributed by atoms with E-state index in [-0.39, 0.29) is 23.8 Å². The largest absolute Gasteiger partial charge is 0.493 e. The van der Waals surface area contributed by atoms with Crippen LogP contribution in [0.5, 0.6) is 23.0 Å². The predicted molar refractivity (Wildman–Crippen MR) is 155 cm³/mol. The van der Waals surface area contributed by atoms with Gasteiger partial charge in [0.15, 0.2) is 11.5 Å². The number of unbranched alkanes of at least 4 members (excludes halogenated alkanes) is 2. The number of esters is 1. The Morgan fingerprint density at radius 3 is 2.29 bits per heavy atom. The van der Waals surface area contributed by atoms with Gasteiger partial charge in [-0.1, -0.05) is 42.3 Å². The monoisotopic (exact) mass is 581 g/mol. The van der Waals surface area contributed by atoms with Crippen molar-refractivity contribution in [2.45, 2.75) is 25.7 Å². The average molecular weight is 582 g/mol. The third kappa shape index (κ3) is 9.25. The zero-order chi connectivity index (χ0) is 29.6. The number of carbonyl (C=O) groups excluding carboxylic acids is 3. The van der Waals surface area contributed by atoms with E-state index >= 15 is 0 Å². The molecular formula is C30H32ClN3O7. The number of nitrogens with zero attached hydrogens (tertiary/aromatic N) is 1. The highest BCUT2D eigenvalue weighted by molar-refractivity contribution is 6.33. The number of ether oxygens (including phenoxy) is 4. The number of benzene rings is 3. The fourth-order valence-corrected chi connectivity index (χ4v) is 4.00. The second-order valence-electron chi connectivity index (χ2n) is 8.72. The Hall–Kier alpha value is -4.57. The molecule has 3 rings (SSSR count). The van der Waals surface area contributed by atoms with Gasteiger partial charge in [0.1, 0.15) is 5.75 Å². The molecule has 3 aromatic rings. The van der Waals surface area contributed by atoms with Crippen molar-refractivity contribution in [2.24, 2.45) is 5.10 Å². The van der Waals surface area contributed by atoms with Crippen LogP contribution in [0.25, 0.3) is 0 Å². The van der Waals surface area contributed by atoms with Crippen LogP contribution in [0.2, 0.25) is 5.02 Å². The van der Waals surface area contributed by atoms with Crippen molar-refractivity contribution in [3.63, 3.8) is 0 Å². The van der Waals surface area contributed by atoms with Crippen LogP contribution >= 0.6 is 11.6 Å². The number of halogens is 1. The molecule has 0 atom stereocenters. The molecule has 0 aromatic heterocycles. The normalized spacial score (nSPS) is 10.6. The summed E-state index contributed by atoms with van der Waals surface area (Å²) in [5.74, 6) is 0.465. The highest BCUT2D eigenvalue weighted by Crippen LogP contribution is 2.38. The molecule has 0 radical (unpaired) electrons. The standard InChI is InChI=1S/C30H32ClN3O7/c1-38-25-17-21(18-26(39-2)28(25)40-3)29(36)32-15-8-4-5-14-27(35)34-33-19-20-10-9-11-22(16-20)41-30(37)23-12-6-7-13-24(23)31/h6-7,9-13,16-19H,4-5,8,14-15H2,1-3H3,(H,32,36)(H,34,35). The van der Waals surface area contributed by atoms with E-state index in [9.17, 15) is 14.4 Å². The summed E-state index contributed by atoms with van der Waals surface area (Å²) in [6.45, 7) is 0.451. The average Bonchev–Trinajstić information content (AvgIpc) is 2.98. The molecule has 0 fully saturated rings. The first-order chi connectivity index (χ1) is 19.9. The van der Waals surface area contributed by atoms with E-state index in [0.29, 0.717) is 58.5 Å². The van der Waals surface area contributed by atoms with Gasteiger partial charge < -0.3 is 24.3 Å². The maximum Gasteiger partial charge on any atom is 0.345 e. The summed E-state index contributed by atoms with van der Waals surface area (Å²) < 4.78 is 21.2. The second kappa shape index (κ2) is 15.9. The first-order valence-electron chi connectivity index (χ1n) is 12.8. The quantitative estimate of drug-likeness (QED) is 0.0900. The molecule has 0 aliphatic rings. The van der Waals surface area contributed by atoms with E-state index in [1.165, 1.54) is 27.5 Å². The molecule has 0 saturated heterocycles. The van der Waals surface area contributed by atoms with Crippen LogP contribution in [-0.4, -0.2) is 51.9 Å². The van der Waals surface area contributed by atoms with Crippen LogP contribution in [-0.2, 0) is 4.79 Å². The molecule has 216 valence electrons. The maximum absolute atomic E-state index is 12.5. The van der Waals surface area contributed by atoms with Gasteiger partial charge in [-0.3, -0.25) is 9.59 Å². The van der Waals surface area contributed by atoms with Crippen molar-refractivity contribution >= 4 is 35.6 Å². The van der Waals surface area contributed by atoms with Crippen LogP contribution in [0.3, 0.4) is 0 Å². The molecular weight excluding hydrogens is 550 g/mol. The number of hydrogen-bond acceptors (Lipinski definition) is 8. The van der Waals surface area contributed by atoms with Gasteiger partial charge in [-0.15, -0.1) is 0 Å². The lowest BCUT2D eigenvalue weighted by Crippen LogP contribution is -2.24. The van der Waals surface area contributed by atoms with Gasteiger partial charge in [-0.2, -0.15) is 5.10 Å². The number of amides is 2. The van der Waals surface area contributed by atoms with Crippen molar-refractivity contribution in [1.82, 2.24) is 10.7 Å². The number of nitrogens with one attached hydrogen (secondary N) is 2. The Morgan fingerprint density at radius 1 is 0.878 bits per heavy atom. The van der Waals surface area contributed by atoms with E-state index < -0.39 is 5.97 Å². The number of rotatable bonds is 14. The summed E-state index contributed by atoms with van der Waals surface area (Å²) in [6.07, 6.45) is 3.82. The van der Waals surface area contributed by atoms with Gasteiger partial charge in [0.05, 0.1) is 38.1 Å². The first-order valence-corrected chi connectivity index (χ1v) is 13.2. The minimum atomic E-state index is -0.571. The number of hydrogen-bond donors (Lipinski definition) is 2. The van der Waals surface area contributed by atoms with Gasteiger partial charge in [0.25, 0.3) is 5.91 Å². The first kappa shape index (κ1) is 31.0. The molecule has 0 saturated carbocycles. The minimum Gasteiger partial charge on any atom is -0.493 e. The van der Waals surface area contributed by atoms with E-state index in [2.05, 4.69) is 15.8 Å². The zero-order valence-corrected chi connectivity index (χ0v) is 23.8. The molecule has 0 unspecified atom stereocenters. The minimum absolute atomic E-state index is 0.232. The summed E-state index contributed by atoms with van der Waals surface area (Å²) in [5.41, 5.74) is 3.78. The SMILES string of the molecule is COc1cc(C(=O)NCCCCCC(=O)NN=Cc2cccc(OC(=O)c3ccccc3Cl)c2)cc(OC)c1OC. The molecule has 0 bridgehead atoms.